The van der Waals surface area contributed by atoms with Crippen molar-refractivity contribution in [3.63, 3.8) is 0 Å². The maximum atomic E-state index is 11.2. The number of aromatic nitrogens is 1. The quantitative estimate of drug-likeness (QED) is 0.748. The van der Waals surface area contributed by atoms with Crippen molar-refractivity contribution >= 4 is 17.5 Å². The molecule has 1 aromatic heterocycles. The molecule has 1 aromatic rings. The van der Waals surface area contributed by atoms with Gasteiger partial charge in [0.15, 0.2) is 0 Å². The third-order valence-electron chi connectivity index (χ3n) is 4.12. The van der Waals surface area contributed by atoms with Crippen LogP contribution in [0.3, 0.4) is 0 Å². The maximum absolute atomic E-state index is 11.2. The van der Waals surface area contributed by atoms with E-state index < -0.39 is 5.97 Å². The maximum Gasteiger partial charge on any atom is 0.339 e. The number of fused-ring (bicyclic) bond motifs is 3. The molecule has 19 heavy (non-hydrogen) atoms. The van der Waals surface area contributed by atoms with E-state index in [9.17, 15) is 9.90 Å². The van der Waals surface area contributed by atoms with Crippen LogP contribution in [0.5, 0.6) is 0 Å². The molecule has 1 unspecified atom stereocenters. The van der Waals surface area contributed by atoms with Gasteiger partial charge in [0.1, 0.15) is 11.4 Å². The minimum Gasteiger partial charge on any atom is -0.478 e. The van der Waals surface area contributed by atoms with E-state index in [1.807, 2.05) is 0 Å². The van der Waals surface area contributed by atoms with Crippen LogP contribution in [0, 0.1) is 5.92 Å². The van der Waals surface area contributed by atoms with Crippen molar-refractivity contribution in [2.45, 2.75) is 18.9 Å². The summed E-state index contributed by atoms with van der Waals surface area (Å²) in [6.45, 7) is 3.28. The molecule has 0 saturated carbocycles. The Morgan fingerprint density at radius 3 is 2.79 bits per heavy atom. The Kier molecular flexibility index (Phi) is 3.02. The van der Waals surface area contributed by atoms with Gasteiger partial charge < -0.3 is 21.1 Å². The highest BCUT2D eigenvalue weighted by atomic mass is 16.4. The molecule has 3 aliphatic heterocycles. The number of aromatic carboxylic acids is 1. The molecule has 102 valence electrons. The summed E-state index contributed by atoms with van der Waals surface area (Å²) < 4.78 is 0. The molecule has 2 bridgehead atoms. The molecule has 6 nitrogen and oxygen atoms in total. The number of nitrogens with zero attached hydrogens (tertiary/aromatic N) is 2. The lowest BCUT2D eigenvalue weighted by Crippen LogP contribution is -2.53. The van der Waals surface area contributed by atoms with Crippen LogP contribution in [0.25, 0.3) is 0 Å². The van der Waals surface area contributed by atoms with E-state index in [-0.39, 0.29) is 11.6 Å². The average Bonchev–Trinajstić information content (AvgIpc) is 2.42. The van der Waals surface area contributed by atoms with Gasteiger partial charge in [0.2, 0.25) is 0 Å². The molecule has 6 heteroatoms. The van der Waals surface area contributed by atoms with Crippen molar-refractivity contribution in [3.8, 4) is 0 Å². The van der Waals surface area contributed by atoms with E-state index in [2.05, 4.69) is 15.2 Å². The number of rotatable bonds is 3. The van der Waals surface area contributed by atoms with Gasteiger partial charge in [-0.2, -0.15) is 0 Å². The summed E-state index contributed by atoms with van der Waals surface area (Å²) in [6, 6.07) is 1.75. The number of anilines is 2. The first-order chi connectivity index (χ1) is 9.13. The lowest BCUT2D eigenvalue weighted by atomic mass is 9.84. The fourth-order valence-electron chi connectivity index (χ4n) is 3.06. The van der Waals surface area contributed by atoms with Gasteiger partial charge >= 0.3 is 5.97 Å². The summed E-state index contributed by atoms with van der Waals surface area (Å²) in [5, 5.41) is 12.5. The number of carboxylic acid groups (broad SMARTS) is 1. The SMILES string of the molecule is Nc1cnc(NC2CN3CCC2CC3)c(C(=O)O)c1. The van der Waals surface area contributed by atoms with Crippen molar-refractivity contribution in [3.05, 3.63) is 17.8 Å². The van der Waals surface area contributed by atoms with Crippen LogP contribution < -0.4 is 11.1 Å². The van der Waals surface area contributed by atoms with E-state index in [1.54, 1.807) is 0 Å². The molecular formula is C13H18N4O2. The Bertz CT molecular complexity index is 497. The molecule has 0 spiro atoms. The molecule has 3 aliphatic rings. The highest BCUT2D eigenvalue weighted by molar-refractivity contribution is 5.94. The molecule has 0 amide bonds. The second kappa shape index (κ2) is 4.70. The van der Waals surface area contributed by atoms with Gasteiger partial charge in [0.25, 0.3) is 0 Å². The highest BCUT2D eigenvalue weighted by Crippen LogP contribution is 2.30. The number of piperidine rings is 3. The van der Waals surface area contributed by atoms with Crippen molar-refractivity contribution in [1.29, 1.82) is 0 Å². The molecule has 3 saturated heterocycles. The summed E-state index contributed by atoms with van der Waals surface area (Å²) in [5.41, 5.74) is 6.12. The second-order valence-electron chi connectivity index (χ2n) is 5.36. The average molecular weight is 262 g/mol. The smallest absolute Gasteiger partial charge is 0.339 e. The lowest BCUT2D eigenvalue weighted by molar-refractivity contribution is 0.0696. The van der Waals surface area contributed by atoms with Gasteiger partial charge in [-0.15, -0.1) is 0 Å². The second-order valence-corrected chi connectivity index (χ2v) is 5.36. The first-order valence-electron chi connectivity index (χ1n) is 6.61. The van der Waals surface area contributed by atoms with Crippen LogP contribution in [-0.4, -0.2) is 46.6 Å². The number of hydrogen-bond donors (Lipinski definition) is 3. The first-order valence-corrected chi connectivity index (χ1v) is 6.61. The number of pyridine rings is 1. The summed E-state index contributed by atoms with van der Waals surface area (Å²) in [4.78, 5) is 17.8. The molecule has 4 N–H and O–H groups in total. The number of carbonyl (C=O) groups is 1. The zero-order chi connectivity index (χ0) is 13.4. The minimum absolute atomic E-state index is 0.149. The predicted octanol–water partition coefficient (Wildman–Crippen LogP) is 0.868. The Hall–Kier alpha value is -1.82. The monoisotopic (exact) mass is 262 g/mol. The normalized spacial score (nSPS) is 29.2. The van der Waals surface area contributed by atoms with Gasteiger partial charge in [-0.3, -0.25) is 0 Å². The lowest BCUT2D eigenvalue weighted by Gasteiger charge is -2.45. The molecule has 0 aliphatic carbocycles. The summed E-state index contributed by atoms with van der Waals surface area (Å²) in [7, 11) is 0. The van der Waals surface area contributed by atoms with Gasteiger partial charge in [-0.25, -0.2) is 9.78 Å². The molecule has 4 heterocycles. The van der Waals surface area contributed by atoms with Crippen LogP contribution in [-0.2, 0) is 0 Å². The van der Waals surface area contributed by atoms with E-state index >= 15 is 0 Å². The molecular weight excluding hydrogens is 244 g/mol. The van der Waals surface area contributed by atoms with E-state index in [0.717, 1.165) is 19.6 Å². The van der Waals surface area contributed by atoms with Crippen molar-refractivity contribution in [1.82, 2.24) is 9.88 Å². The van der Waals surface area contributed by atoms with Crippen molar-refractivity contribution in [2.75, 3.05) is 30.7 Å². The van der Waals surface area contributed by atoms with Gasteiger partial charge in [-0.05, 0) is 37.9 Å². The van der Waals surface area contributed by atoms with Crippen LogP contribution in [0.2, 0.25) is 0 Å². The number of nitrogens with one attached hydrogen (secondary N) is 1. The van der Waals surface area contributed by atoms with Gasteiger partial charge in [0, 0.05) is 12.6 Å². The third-order valence-corrected chi connectivity index (χ3v) is 4.12. The van der Waals surface area contributed by atoms with E-state index in [1.165, 1.54) is 25.1 Å². The van der Waals surface area contributed by atoms with E-state index in [4.69, 9.17) is 5.73 Å². The highest BCUT2D eigenvalue weighted by Gasteiger charge is 2.34. The minimum atomic E-state index is -0.997. The zero-order valence-corrected chi connectivity index (χ0v) is 10.7. The number of hydrogen-bond acceptors (Lipinski definition) is 5. The van der Waals surface area contributed by atoms with Crippen LogP contribution in [0.1, 0.15) is 23.2 Å². The summed E-state index contributed by atoms with van der Waals surface area (Å²) >= 11 is 0. The molecule has 3 fully saturated rings. The number of nitrogens with two attached hydrogens (primary N) is 1. The fourth-order valence-corrected chi connectivity index (χ4v) is 3.06. The first kappa shape index (κ1) is 12.2. The van der Waals surface area contributed by atoms with Gasteiger partial charge in [-0.1, -0.05) is 0 Å². The predicted molar refractivity (Wildman–Crippen MR) is 72.2 cm³/mol. The molecule has 0 radical (unpaired) electrons. The van der Waals surface area contributed by atoms with Crippen LogP contribution >= 0.6 is 0 Å². The Balaban J connectivity index is 1.81. The Labute approximate surface area is 111 Å². The molecule has 1 atom stereocenters. The fraction of sp³-hybridized carbons (Fsp3) is 0.538. The number of nitrogen functional groups attached to an aromatic ring is 1. The Morgan fingerprint density at radius 1 is 1.47 bits per heavy atom. The summed E-state index contributed by atoms with van der Waals surface area (Å²) in [6.07, 6.45) is 3.85. The third kappa shape index (κ3) is 2.35. The topological polar surface area (TPSA) is 91.5 Å². The molecule has 0 aromatic carbocycles. The molecule has 4 rings (SSSR count). The largest absolute Gasteiger partial charge is 0.478 e. The van der Waals surface area contributed by atoms with Crippen LogP contribution in [0.4, 0.5) is 11.5 Å². The van der Waals surface area contributed by atoms with Crippen LogP contribution in [0.15, 0.2) is 12.3 Å². The standard InChI is InChI=1S/C13H18N4O2/c14-9-5-10(13(18)19)12(15-6-9)16-11-7-17-3-1-8(11)2-4-17/h5-6,8,11H,1-4,7,14H2,(H,15,16)(H,18,19). The summed E-state index contributed by atoms with van der Waals surface area (Å²) in [5.74, 6) is 0.0509. The Morgan fingerprint density at radius 2 is 2.21 bits per heavy atom. The van der Waals surface area contributed by atoms with Crippen molar-refractivity contribution in [2.24, 2.45) is 5.92 Å². The van der Waals surface area contributed by atoms with Gasteiger partial charge in [0.05, 0.1) is 11.9 Å². The zero-order valence-electron chi connectivity index (χ0n) is 10.7. The number of carboxylic acids is 1. The van der Waals surface area contributed by atoms with Crippen molar-refractivity contribution < 1.29 is 9.90 Å². The van der Waals surface area contributed by atoms with E-state index in [0.29, 0.717) is 17.4 Å².